The molecule has 2 nitrogen and oxygen atoms in total. The second-order valence-corrected chi connectivity index (χ2v) is 4.57. The Morgan fingerprint density at radius 3 is 2.92 bits per heavy atom. The molecule has 5 unspecified atom stereocenters. The van der Waals surface area contributed by atoms with E-state index in [0.29, 0.717) is 11.8 Å². The van der Waals surface area contributed by atoms with Crippen LogP contribution in [0.1, 0.15) is 19.3 Å². The summed E-state index contributed by atoms with van der Waals surface area (Å²) in [4.78, 5) is 11.4. The third-order valence-electron chi connectivity index (χ3n) is 4.10. The lowest BCUT2D eigenvalue weighted by molar-refractivity contribution is -0.144. The van der Waals surface area contributed by atoms with Crippen molar-refractivity contribution in [3.63, 3.8) is 0 Å². The molecule has 13 heavy (non-hydrogen) atoms. The van der Waals surface area contributed by atoms with Gasteiger partial charge in [0.15, 0.2) is 0 Å². The summed E-state index contributed by atoms with van der Waals surface area (Å²) in [5, 5.41) is 0. The topological polar surface area (TPSA) is 26.3 Å². The molecule has 2 aliphatic carbocycles. The van der Waals surface area contributed by atoms with E-state index in [0.717, 1.165) is 5.92 Å². The first-order valence-corrected chi connectivity index (χ1v) is 5.14. The van der Waals surface area contributed by atoms with E-state index in [1.165, 1.54) is 19.3 Å². The maximum atomic E-state index is 11.4. The molecule has 2 bridgehead atoms. The quantitative estimate of drug-likeness (QED) is 0.452. The zero-order chi connectivity index (χ0) is 9.00. The van der Waals surface area contributed by atoms with Crippen LogP contribution in [0.2, 0.25) is 0 Å². The largest absolute Gasteiger partial charge is 0.461 e. The second kappa shape index (κ2) is 2.37. The molecule has 2 saturated carbocycles. The van der Waals surface area contributed by atoms with Crippen molar-refractivity contribution in [2.45, 2.75) is 25.4 Å². The number of ether oxygens (including phenoxy) is 1. The second-order valence-electron chi connectivity index (χ2n) is 4.57. The normalized spacial score (nSPS) is 52.0. The van der Waals surface area contributed by atoms with Crippen molar-refractivity contribution in [1.29, 1.82) is 0 Å². The first-order chi connectivity index (χ1) is 6.31. The first-order valence-electron chi connectivity index (χ1n) is 5.14. The fourth-order valence-corrected chi connectivity index (χ4v) is 3.58. The monoisotopic (exact) mass is 178 g/mol. The van der Waals surface area contributed by atoms with Gasteiger partial charge in [0.2, 0.25) is 0 Å². The van der Waals surface area contributed by atoms with Gasteiger partial charge in [-0.25, -0.2) is 0 Å². The Bertz CT molecular complexity index is 271. The van der Waals surface area contributed by atoms with Gasteiger partial charge in [-0.1, -0.05) is 6.08 Å². The molecule has 3 fully saturated rings. The van der Waals surface area contributed by atoms with Crippen LogP contribution in [0.3, 0.4) is 0 Å². The predicted molar refractivity (Wildman–Crippen MR) is 47.9 cm³/mol. The maximum Gasteiger partial charge on any atom is 0.313 e. The third kappa shape index (κ3) is 0.812. The number of esters is 1. The Morgan fingerprint density at radius 2 is 2.15 bits per heavy atom. The van der Waals surface area contributed by atoms with E-state index in [4.69, 9.17) is 4.74 Å². The molecular formula is C11H14O2. The van der Waals surface area contributed by atoms with E-state index >= 15 is 0 Å². The van der Waals surface area contributed by atoms with E-state index in [1.54, 1.807) is 6.08 Å². The minimum atomic E-state index is -0.0263. The van der Waals surface area contributed by atoms with Gasteiger partial charge < -0.3 is 4.74 Å². The number of carbonyl (C=O) groups is 1. The Morgan fingerprint density at radius 1 is 1.38 bits per heavy atom. The SMILES string of the molecule is C=CC1C(=O)OC2C3CCC(C3)C12. The molecule has 0 radical (unpaired) electrons. The Kier molecular flexibility index (Phi) is 1.38. The minimum Gasteiger partial charge on any atom is -0.461 e. The number of hydrogen-bond acceptors (Lipinski definition) is 2. The zero-order valence-corrected chi connectivity index (χ0v) is 7.61. The summed E-state index contributed by atoms with van der Waals surface area (Å²) in [6, 6.07) is 0. The summed E-state index contributed by atoms with van der Waals surface area (Å²) in [5.41, 5.74) is 0. The van der Waals surface area contributed by atoms with Gasteiger partial charge >= 0.3 is 5.97 Å². The van der Waals surface area contributed by atoms with Crippen LogP contribution < -0.4 is 0 Å². The summed E-state index contributed by atoms with van der Waals surface area (Å²) in [7, 11) is 0. The number of hydrogen-bond donors (Lipinski definition) is 0. The summed E-state index contributed by atoms with van der Waals surface area (Å²) in [5.74, 6) is 1.86. The summed E-state index contributed by atoms with van der Waals surface area (Å²) in [6.07, 6.45) is 5.88. The Balaban J connectivity index is 1.95. The number of fused-ring (bicyclic) bond motifs is 5. The van der Waals surface area contributed by atoms with Crippen LogP contribution >= 0.6 is 0 Å². The first kappa shape index (κ1) is 7.60. The van der Waals surface area contributed by atoms with Crippen molar-refractivity contribution in [1.82, 2.24) is 0 Å². The van der Waals surface area contributed by atoms with Crippen molar-refractivity contribution in [3.05, 3.63) is 12.7 Å². The van der Waals surface area contributed by atoms with Gasteiger partial charge in [0.05, 0.1) is 5.92 Å². The van der Waals surface area contributed by atoms with E-state index in [2.05, 4.69) is 6.58 Å². The number of carbonyl (C=O) groups excluding carboxylic acids is 1. The molecule has 5 atom stereocenters. The summed E-state index contributed by atoms with van der Waals surface area (Å²) >= 11 is 0. The lowest BCUT2D eigenvalue weighted by Crippen LogP contribution is -2.26. The van der Waals surface area contributed by atoms with E-state index in [9.17, 15) is 4.79 Å². The summed E-state index contributed by atoms with van der Waals surface area (Å²) < 4.78 is 5.41. The molecule has 0 aromatic heterocycles. The average molecular weight is 178 g/mol. The lowest BCUT2D eigenvalue weighted by Gasteiger charge is -2.23. The predicted octanol–water partition coefficient (Wildman–Crippen LogP) is 1.76. The van der Waals surface area contributed by atoms with Gasteiger partial charge in [-0.3, -0.25) is 4.79 Å². The molecule has 1 aliphatic heterocycles. The van der Waals surface area contributed by atoms with Crippen molar-refractivity contribution in [2.75, 3.05) is 0 Å². The summed E-state index contributed by atoms with van der Waals surface area (Å²) in [6.45, 7) is 3.74. The molecule has 0 spiro atoms. The maximum absolute atomic E-state index is 11.4. The van der Waals surface area contributed by atoms with Crippen LogP contribution in [0.4, 0.5) is 0 Å². The van der Waals surface area contributed by atoms with Gasteiger partial charge in [-0.05, 0) is 31.1 Å². The van der Waals surface area contributed by atoms with Gasteiger partial charge in [-0.15, -0.1) is 6.58 Å². The van der Waals surface area contributed by atoms with Crippen LogP contribution in [0.15, 0.2) is 12.7 Å². The molecule has 0 aromatic rings. The molecule has 1 saturated heterocycles. The fraction of sp³-hybridized carbons (Fsp3) is 0.727. The van der Waals surface area contributed by atoms with Gasteiger partial charge in [0.1, 0.15) is 6.10 Å². The highest BCUT2D eigenvalue weighted by molar-refractivity contribution is 5.77. The third-order valence-corrected chi connectivity index (χ3v) is 4.10. The van der Waals surface area contributed by atoms with E-state index in [1.807, 2.05) is 0 Å². The van der Waals surface area contributed by atoms with Crippen LogP contribution in [0.25, 0.3) is 0 Å². The van der Waals surface area contributed by atoms with Crippen molar-refractivity contribution in [3.8, 4) is 0 Å². The molecule has 1 heterocycles. The molecule has 0 aromatic carbocycles. The average Bonchev–Trinajstić information content (AvgIpc) is 2.72. The zero-order valence-electron chi connectivity index (χ0n) is 7.61. The van der Waals surface area contributed by atoms with Crippen LogP contribution in [-0.2, 0) is 9.53 Å². The Labute approximate surface area is 78.0 Å². The van der Waals surface area contributed by atoms with E-state index < -0.39 is 0 Å². The van der Waals surface area contributed by atoms with Gasteiger partial charge in [0, 0.05) is 5.92 Å². The number of rotatable bonds is 1. The van der Waals surface area contributed by atoms with Gasteiger partial charge in [0.25, 0.3) is 0 Å². The molecule has 70 valence electrons. The molecule has 0 N–H and O–H groups in total. The van der Waals surface area contributed by atoms with Crippen molar-refractivity contribution >= 4 is 5.97 Å². The fourth-order valence-electron chi connectivity index (χ4n) is 3.58. The van der Waals surface area contributed by atoms with Crippen molar-refractivity contribution in [2.24, 2.45) is 23.7 Å². The smallest absolute Gasteiger partial charge is 0.313 e. The van der Waals surface area contributed by atoms with Crippen LogP contribution in [0, 0.1) is 23.7 Å². The molecule has 2 heteroatoms. The van der Waals surface area contributed by atoms with Crippen LogP contribution in [-0.4, -0.2) is 12.1 Å². The van der Waals surface area contributed by atoms with Crippen LogP contribution in [0.5, 0.6) is 0 Å². The minimum absolute atomic E-state index is 0.000278. The highest BCUT2D eigenvalue weighted by Crippen LogP contribution is 2.55. The standard InChI is InChI=1S/C11H14O2/c1-2-8-9-6-3-4-7(5-6)10(9)13-11(8)12/h2,6-10H,1,3-5H2. The lowest BCUT2D eigenvalue weighted by atomic mass is 9.80. The van der Waals surface area contributed by atoms with Crippen molar-refractivity contribution < 1.29 is 9.53 Å². The highest BCUT2D eigenvalue weighted by Gasteiger charge is 2.57. The Hall–Kier alpha value is -0.790. The molecule has 0 amide bonds. The van der Waals surface area contributed by atoms with E-state index in [-0.39, 0.29) is 18.0 Å². The molecular weight excluding hydrogens is 164 g/mol. The van der Waals surface area contributed by atoms with Gasteiger partial charge in [-0.2, -0.15) is 0 Å². The molecule has 3 aliphatic rings. The molecule has 3 rings (SSSR count). The highest BCUT2D eigenvalue weighted by atomic mass is 16.6.